The van der Waals surface area contributed by atoms with Crippen molar-refractivity contribution < 1.29 is 4.57 Å². The highest BCUT2D eigenvalue weighted by atomic mass is 14.9. The number of benzene rings is 2. The van der Waals surface area contributed by atoms with E-state index in [-0.39, 0.29) is 0 Å². The quantitative estimate of drug-likeness (QED) is 0.504. The van der Waals surface area contributed by atoms with Crippen LogP contribution < -0.4 is 4.57 Å². The lowest BCUT2D eigenvalue weighted by Gasteiger charge is -2.15. The van der Waals surface area contributed by atoms with Crippen molar-refractivity contribution >= 4 is 10.8 Å². The number of nitrogens with zero attached hydrogens (tertiary/aromatic N) is 1. The minimum Gasteiger partial charge on any atom is -0.198 e. The average Bonchev–Trinajstić information content (AvgIpc) is 2.60. The fourth-order valence-electron chi connectivity index (χ4n) is 3.93. The predicted molar refractivity (Wildman–Crippen MR) is 108 cm³/mol. The third-order valence-corrected chi connectivity index (χ3v) is 5.66. The number of aryl methyl sites for hydroxylation is 3. The van der Waals surface area contributed by atoms with E-state index in [0.717, 1.165) is 0 Å². The van der Waals surface area contributed by atoms with E-state index in [1.807, 2.05) is 0 Å². The number of pyridine rings is 1. The van der Waals surface area contributed by atoms with Gasteiger partial charge in [0.2, 0.25) is 5.69 Å². The number of fused-ring (bicyclic) bond motifs is 1. The highest BCUT2D eigenvalue weighted by molar-refractivity contribution is 5.94. The SMILES string of the molecule is CCC(CC)c1ccc2c(-c3cc(C)ccc3C)[n+](C)c(C)cc2c1. The van der Waals surface area contributed by atoms with Crippen LogP contribution in [0.1, 0.15) is 55.0 Å². The highest BCUT2D eigenvalue weighted by Gasteiger charge is 2.20. The maximum atomic E-state index is 2.41. The molecular formula is C24H30N+. The van der Waals surface area contributed by atoms with E-state index in [2.05, 4.69) is 88.7 Å². The number of hydrogen-bond donors (Lipinski definition) is 0. The summed E-state index contributed by atoms with van der Waals surface area (Å²) in [6.07, 6.45) is 2.40. The molecule has 0 amide bonds. The van der Waals surface area contributed by atoms with Gasteiger partial charge in [-0.2, -0.15) is 4.57 Å². The van der Waals surface area contributed by atoms with Crippen molar-refractivity contribution in [1.29, 1.82) is 0 Å². The molecule has 0 bridgehead atoms. The summed E-state index contributed by atoms with van der Waals surface area (Å²) >= 11 is 0. The predicted octanol–water partition coefficient (Wildman–Crippen LogP) is 6.16. The van der Waals surface area contributed by atoms with Crippen LogP contribution in [0.25, 0.3) is 22.0 Å². The van der Waals surface area contributed by atoms with Gasteiger partial charge in [0.05, 0.1) is 5.39 Å². The minimum atomic E-state index is 0.655. The van der Waals surface area contributed by atoms with E-state index >= 15 is 0 Å². The van der Waals surface area contributed by atoms with E-state index in [4.69, 9.17) is 0 Å². The Kier molecular flexibility index (Phi) is 4.94. The van der Waals surface area contributed by atoms with Crippen molar-refractivity contribution in [1.82, 2.24) is 0 Å². The molecule has 0 radical (unpaired) electrons. The van der Waals surface area contributed by atoms with Crippen molar-refractivity contribution in [2.75, 3.05) is 0 Å². The second-order valence-corrected chi connectivity index (χ2v) is 7.37. The number of hydrogen-bond acceptors (Lipinski definition) is 0. The maximum Gasteiger partial charge on any atom is 0.220 e. The van der Waals surface area contributed by atoms with Crippen molar-refractivity contribution in [2.24, 2.45) is 7.05 Å². The standard InChI is InChI=1S/C24H30N/c1-7-19(8-2)20-11-12-22-21(15-20)14-18(5)25(6)24(22)23-13-16(3)9-10-17(23)4/h9-15,19H,7-8H2,1-6H3/q+1. The van der Waals surface area contributed by atoms with Crippen LogP contribution in [0.3, 0.4) is 0 Å². The molecule has 1 aromatic heterocycles. The van der Waals surface area contributed by atoms with E-state index in [1.165, 1.54) is 57.3 Å². The Bertz CT molecular complexity index is 917. The largest absolute Gasteiger partial charge is 0.220 e. The van der Waals surface area contributed by atoms with Crippen LogP contribution in [0.2, 0.25) is 0 Å². The Morgan fingerprint density at radius 2 is 1.60 bits per heavy atom. The summed E-state index contributed by atoms with van der Waals surface area (Å²) in [4.78, 5) is 0. The first-order chi connectivity index (χ1) is 12.0. The second kappa shape index (κ2) is 7.00. The first-order valence-electron chi connectivity index (χ1n) is 9.47. The van der Waals surface area contributed by atoms with Crippen LogP contribution in [0, 0.1) is 20.8 Å². The Labute approximate surface area is 152 Å². The first kappa shape index (κ1) is 17.7. The monoisotopic (exact) mass is 332 g/mol. The van der Waals surface area contributed by atoms with Gasteiger partial charge in [-0.05, 0) is 61.3 Å². The van der Waals surface area contributed by atoms with E-state index < -0.39 is 0 Å². The summed E-state index contributed by atoms with van der Waals surface area (Å²) in [5, 5.41) is 2.70. The molecule has 25 heavy (non-hydrogen) atoms. The first-order valence-corrected chi connectivity index (χ1v) is 9.47. The second-order valence-electron chi connectivity index (χ2n) is 7.37. The van der Waals surface area contributed by atoms with Gasteiger partial charge in [0.15, 0.2) is 5.69 Å². The molecule has 0 aliphatic heterocycles. The molecule has 0 aliphatic carbocycles. The van der Waals surface area contributed by atoms with Crippen LogP contribution in [-0.2, 0) is 7.05 Å². The van der Waals surface area contributed by atoms with Crippen molar-refractivity contribution in [3.05, 3.63) is 64.8 Å². The van der Waals surface area contributed by atoms with E-state index in [0.29, 0.717) is 5.92 Å². The molecular weight excluding hydrogens is 302 g/mol. The summed E-state index contributed by atoms with van der Waals surface area (Å²) in [6.45, 7) is 11.2. The Morgan fingerprint density at radius 3 is 2.28 bits per heavy atom. The lowest BCUT2D eigenvalue weighted by atomic mass is 9.90. The molecule has 0 aliphatic rings. The van der Waals surface area contributed by atoms with Crippen LogP contribution in [0.4, 0.5) is 0 Å². The van der Waals surface area contributed by atoms with Crippen LogP contribution in [-0.4, -0.2) is 0 Å². The Morgan fingerprint density at radius 1 is 0.880 bits per heavy atom. The van der Waals surface area contributed by atoms with Crippen molar-refractivity contribution in [2.45, 2.75) is 53.4 Å². The van der Waals surface area contributed by atoms with Gasteiger partial charge in [-0.3, -0.25) is 0 Å². The normalized spacial score (nSPS) is 11.5. The fraction of sp³-hybridized carbons (Fsp3) is 0.375. The molecule has 3 aromatic rings. The zero-order valence-electron chi connectivity index (χ0n) is 16.5. The lowest BCUT2D eigenvalue weighted by molar-refractivity contribution is -0.665. The van der Waals surface area contributed by atoms with E-state index in [9.17, 15) is 0 Å². The third-order valence-electron chi connectivity index (χ3n) is 5.66. The summed E-state index contributed by atoms with van der Waals surface area (Å²) in [5.74, 6) is 0.655. The average molecular weight is 333 g/mol. The van der Waals surface area contributed by atoms with Gasteiger partial charge < -0.3 is 0 Å². The molecule has 1 nitrogen and oxygen atoms in total. The Balaban J connectivity index is 2.31. The van der Waals surface area contributed by atoms with Gasteiger partial charge in [0, 0.05) is 18.6 Å². The van der Waals surface area contributed by atoms with Crippen molar-refractivity contribution in [3.8, 4) is 11.3 Å². The van der Waals surface area contributed by atoms with Gasteiger partial charge in [-0.1, -0.05) is 43.7 Å². The molecule has 0 fully saturated rings. The topological polar surface area (TPSA) is 3.88 Å². The van der Waals surface area contributed by atoms with Crippen LogP contribution >= 0.6 is 0 Å². The molecule has 1 heterocycles. The van der Waals surface area contributed by atoms with Gasteiger partial charge >= 0.3 is 0 Å². The van der Waals surface area contributed by atoms with Crippen molar-refractivity contribution in [3.63, 3.8) is 0 Å². The van der Waals surface area contributed by atoms with Gasteiger partial charge in [-0.15, -0.1) is 0 Å². The molecule has 0 unspecified atom stereocenters. The Hall–Kier alpha value is -2.15. The molecule has 3 rings (SSSR count). The van der Waals surface area contributed by atoms with Gasteiger partial charge in [0.1, 0.15) is 7.05 Å². The molecule has 2 aromatic carbocycles. The zero-order chi connectivity index (χ0) is 18.1. The van der Waals surface area contributed by atoms with Gasteiger partial charge in [-0.25, -0.2) is 0 Å². The smallest absolute Gasteiger partial charge is 0.198 e. The highest BCUT2D eigenvalue weighted by Crippen LogP contribution is 2.32. The molecule has 0 saturated heterocycles. The molecule has 130 valence electrons. The summed E-state index contributed by atoms with van der Waals surface area (Å²) in [7, 11) is 2.18. The minimum absolute atomic E-state index is 0.655. The lowest BCUT2D eigenvalue weighted by Crippen LogP contribution is -2.35. The molecule has 0 N–H and O–H groups in total. The van der Waals surface area contributed by atoms with Crippen LogP contribution in [0.5, 0.6) is 0 Å². The third kappa shape index (κ3) is 3.20. The number of aromatic nitrogens is 1. The summed E-state index contributed by atoms with van der Waals surface area (Å²) in [5.41, 5.74) is 8.07. The fourth-order valence-corrected chi connectivity index (χ4v) is 3.93. The van der Waals surface area contributed by atoms with Gasteiger partial charge in [0.25, 0.3) is 0 Å². The maximum absolute atomic E-state index is 2.41. The van der Waals surface area contributed by atoms with E-state index in [1.54, 1.807) is 0 Å². The number of rotatable bonds is 4. The molecule has 0 atom stereocenters. The van der Waals surface area contributed by atoms with Crippen LogP contribution in [0.15, 0.2) is 42.5 Å². The molecule has 1 heteroatoms. The summed E-state index contributed by atoms with van der Waals surface area (Å²) in [6, 6.07) is 16.2. The zero-order valence-corrected chi connectivity index (χ0v) is 16.5. The molecule has 0 spiro atoms. The summed E-state index contributed by atoms with van der Waals surface area (Å²) < 4.78 is 2.33. The molecule has 0 saturated carbocycles.